The van der Waals surface area contributed by atoms with Crippen LogP contribution in [0.5, 0.6) is 0 Å². The standard InChI is InChI=1S/C11H17NO2/c13-10-4-2-1-3-9(10)5-8-6-11(14)12-7-8/h8-9H,1-7H2,(H,12,14). The Hall–Kier alpha value is -0.860. The van der Waals surface area contributed by atoms with E-state index < -0.39 is 0 Å². The molecule has 14 heavy (non-hydrogen) atoms. The summed E-state index contributed by atoms with van der Waals surface area (Å²) in [7, 11) is 0. The summed E-state index contributed by atoms with van der Waals surface area (Å²) >= 11 is 0. The van der Waals surface area contributed by atoms with Crippen LogP contribution in [0.25, 0.3) is 0 Å². The summed E-state index contributed by atoms with van der Waals surface area (Å²) in [4.78, 5) is 22.5. The molecule has 1 saturated heterocycles. The zero-order valence-electron chi connectivity index (χ0n) is 8.42. The summed E-state index contributed by atoms with van der Waals surface area (Å²) in [5.41, 5.74) is 0. The molecule has 0 aromatic carbocycles. The number of Topliss-reactive ketones (excluding diaryl/α,β-unsaturated/α-hetero) is 1. The molecule has 78 valence electrons. The monoisotopic (exact) mass is 195 g/mol. The van der Waals surface area contributed by atoms with Crippen LogP contribution >= 0.6 is 0 Å². The van der Waals surface area contributed by atoms with Crippen molar-refractivity contribution in [3.63, 3.8) is 0 Å². The average molecular weight is 195 g/mol. The molecule has 2 fully saturated rings. The molecular weight excluding hydrogens is 178 g/mol. The Balaban J connectivity index is 1.84. The molecule has 2 unspecified atom stereocenters. The van der Waals surface area contributed by atoms with Gasteiger partial charge in [-0.3, -0.25) is 9.59 Å². The highest BCUT2D eigenvalue weighted by atomic mass is 16.2. The van der Waals surface area contributed by atoms with Gasteiger partial charge in [0.25, 0.3) is 0 Å². The Bertz CT molecular complexity index is 250. The van der Waals surface area contributed by atoms with Crippen LogP contribution in [0.4, 0.5) is 0 Å². The highest BCUT2D eigenvalue weighted by Gasteiger charge is 2.29. The van der Waals surface area contributed by atoms with Crippen molar-refractivity contribution in [2.75, 3.05) is 6.54 Å². The molecule has 3 nitrogen and oxygen atoms in total. The van der Waals surface area contributed by atoms with Crippen LogP contribution in [0.2, 0.25) is 0 Å². The Kier molecular flexibility index (Phi) is 2.85. The third-order valence-electron chi connectivity index (χ3n) is 3.36. The van der Waals surface area contributed by atoms with Gasteiger partial charge in [0, 0.05) is 25.3 Å². The van der Waals surface area contributed by atoms with E-state index in [1.807, 2.05) is 0 Å². The molecule has 2 rings (SSSR count). The molecule has 1 aliphatic heterocycles. The van der Waals surface area contributed by atoms with E-state index in [0.29, 0.717) is 18.1 Å². The van der Waals surface area contributed by atoms with Crippen LogP contribution in [0.3, 0.4) is 0 Å². The summed E-state index contributed by atoms with van der Waals surface area (Å²) < 4.78 is 0. The van der Waals surface area contributed by atoms with Crippen molar-refractivity contribution in [1.82, 2.24) is 5.32 Å². The van der Waals surface area contributed by atoms with E-state index in [1.165, 1.54) is 6.42 Å². The highest BCUT2D eigenvalue weighted by Crippen LogP contribution is 2.28. The number of rotatable bonds is 2. The zero-order valence-corrected chi connectivity index (χ0v) is 8.42. The molecule has 0 aromatic heterocycles. The summed E-state index contributed by atoms with van der Waals surface area (Å²) in [6.07, 6.45) is 5.62. The maximum atomic E-state index is 11.6. The zero-order chi connectivity index (χ0) is 9.97. The van der Waals surface area contributed by atoms with E-state index in [4.69, 9.17) is 0 Å². The highest BCUT2D eigenvalue weighted by molar-refractivity contribution is 5.82. The summed E-state index contributed by atoms with van der Waals surface area (Å²) in [5.74, 6) is 1.24. The first-order valence-electron chi connectivity index (χ1n) is 5.55. The largest absolute Gasteiger partial charge is 0.356 e. The van der Waals surface area contributed by atoms with Gasteiger partial charge >= 0.3 is 0 Å². The van der Waals surface area contributed by atoms with E-state index in [0.717, 1.165) is 32.2 Å². The van der Waals surface area contributed by atoms with Gasteiger partial charge in [0.1, 0.15) is 5.78 Å². The molecule has 1 amide bonds. The molecule has 2 atom stereocenters. The van der Waals surface area contributed by atoms with Gasteiger partial charge in [-0.2, -0.15) is 0 Å². The third-order valence-corrected chi connectivity index (χ3v) is 3.36. The predicted molar refractivity (Wildman–Crippen MR) is 52.7 cm³/mol. The summed E-state index contributed by atoms with van der Waals surface area (Å²) in [6.45, 7) is 0.780. The Morgan fingerprint density at radius 2 is 2.14 bits per heavy atom. The SMILES string of the molecule is O=C1CC(CC2CCCCC2=O)CN1. The van der Waals surface area contributed by atoms with Crippen LogP contribution < -0.4 is 5.32 Å². The predicted octanol–water partition coefficient (Wildman–Crippen LogP) is 1.27. The Morgan fingerprint density at radius 3 is 2.79 bits per heavy atom. The first kappa shape index (κ1) is 9.69. The van der Waals surface area contributed by atoms with Gasteiger partial charge in [-0.1, -0.05) is 6.42 Å². The maximum Gasteiger partial charge on any atom is 0.220 e. The number of nitrogens with one attached hydrogen (secondary N) is 1. The number of carbonyl (C=O) groups is 2. The van der Waals surface area contributed by atoms with Crippen LogP contribution in [-0.2, 0) is 9.59 Å². The lowest BCUT2D eigenvalue weighted by Gasteiger charge is -2.22. The molecule has 0 aromatic rings. The number of ketones is 1. The lowest BCUT2D eigenvalue weighted by molar-refractivity contribution is -0.125. The van der Waals surface area contributed by atoms with Crippen molar-refractivity contribution >= 4 is 11.7 Å². The first-order chi connectivity index (χ1) is 6.75. The first-order valence-corrected chi connectivity index (χ1v) is 5.55. The second-order valence-corrected chi connectivity index (χ2v) is 4.52. The summed E-state index contributed by atoms with van der Waals surface area (Å²) in [6, 6.07) is 0. The van der Waals surface area contributed by atoms with E-state index >= 15 is 0 Å². The molecule has 1 aliphatic carbocycles. The van der Waals surface area contributed by atoms with E-state index in [2.05, 4.69) is 5.32 Å². The van der Waals surface area contributed by atoms with Crippen LogP contribution in [-0.4, -0.2) is 18.2 Å². The number of amides is 1. The van der Waals surface area contributed by atoms with Crippen LogP contribution in [0.1, 0.15) is 38.5 Å². The second-order valence-electron chi connectivity index (χ2n) is 4.52. The smallest absolute Gasteiger partial charge is 0.220 e. The molecule has 0 bridgehead atoms. The molecule has 1 heterocycles. The van der Waals surface area contributed by atoms with Crippen LogP contribution in [0.15, 0.2) is 0 Å². The minimum absolute atomic E-state index is 0.151. The quantitative estimate of drug-likeness (QED) is 0.721. The van der Waals surface area contributed by atoms with E-state index in [-0.39, 0.29) is 11.8 Å². The Morgan fingerprint density at radius 1 is 1.29 bits per heavy atom. The fourth-order valence-corrected chi connectivity index (χ4v) is 2.54. The van der Waals surface area contributed by atoms with Gasteiger partial charge in [-0.25, -0.2) is 0 Å². The molecular formula is C11H17NO2. The van der Waals surface area contributed by atoms with Crippen LogP contribution in [0, 0.1) is 11.8 Å². The van der Waals surface area contributed by atoms with Crippen molar-refractivity contribution in [2.24, 2.45) is 11.8 Å². The Labute approximate surface area is 84.2 Å². The molecule has 0 radical (unpaired) electrons. The molecule has 2 aliphatic rings. The summed E-state index contributed by atoms with van der Waals surface area (Å²) in [5, 5.41) is 2.82. The van der Waals surface area contributed by atoms with Crippen molar-refractivity contribution in [3.05, 3.63) is 0 Å². The minimum atomic E-state index is 0.151. The van der Waals surface area contributed by atoms with E-state index in [9.17, 15) is 9.59 Å². The topological polar surface area (TPSA) is 46.2 Å². The van der Waals surface area contributed by atoms with Gasteiger partial charge in [0.05, 0.1) is 0 Å². The van der Waals surface area contributed by atoms with Gasteiger partial charge in [0.15, 0.2) is 0 Å². The van der Waals surface area contributed by atoms with Crippen molar-refractivity contribution < 1.29 is 9.59 Å². The van der Waals surface area contributed by atoms with Crippen molar-refractivity contribution in [2.45, 2.75) is 38.5 Å². The molecule has 1 N–H and O–H groups in total. The molecule has 0 spiro atoms. The van der Waals surface area contributed by atoms with E-state index in [1.54, 1.807) is 0 Å². The molecule has 3 heteroatoms. The number of hydrogen-bond donors (Lipinski definition) is 1. The molecule has 1 saturated carbocycles. The lowest BCUT2D eigenvalue weighted by atomic mass is 9.81. The van der Waals surface area contributed by atoms with Gasteiger partial charge in [0.2, 0.25) is 5.91 Å². The fraction of sp³-hybridized carbons (Fsp3) is 0.818. The average Bonchev–Trinajstić information content (AvgIpc) is 2.56. The number of carbonyl (C=O) groups excluding carboxylic acids is 2. The van der Waals surface area contributed by atoms with Crippen molar-refractivity contribution in [3.8, 4) is 0 Å². The van der Waals surface area contributed by atoms with Gasteiger partial charge in [-0.05, 0) is 25.2 Å². The fourth-order valence-electron chi connectivity index (χ4n) is 2.54. The maximum absolute atomic E-state index is 11.6. The minimum Gasteiger partial charge on any atom is -0.356 e. The number of hydrogen-bond acceptors (Lipinski definition) is 2. The third kappa shape index (κ3) is 2.14. The van der Waals surface area contributed by atoms with Gasteiger partial charge < -0.3 is 5.32 Å². The van der Waals surface area contributed by atoms with Crippen molar-refractivity contribution in [1.29, 1.82) is 0 Å². The second kappa shape index (κ2) is 4.11. The van der Waals surface area contributed by atoms with Gasteiger partial charge in [-0.15, -0.1) is 0 Å². The normalized spacial score (nSPS) is 33.1. The lowest BCUT2D eigenvalue weighted by Crippen LogP contribution is -2.22.